The third-order valence-electron chi connectivity index (χ3n) is 2.37. The van der Waals surface area contributed by atoms with Gasteiger partial charge in [-0.2, -0.15) is 0 Å². The summed E-state index contributed by atoms with van der Waals surface area (Å²) >= 11 is 5.71. The highest BCUT2D eigenvalue weighted by Crippen LogP contribution is 2.14. The minimum Gasteiger partial charge on any atom is -0.481 e. The number of carboxylic acid groups (broad SMARTS) is 1. The van der Waals surface area contributed by atoms with Crippen molar-refractivity contribution in [1.82, 2.24) is 5.32 Å². The quantitative estimate of drug-likeness (QED) is 0.787. The Labute approximate surface area is 110 Å². The van der Waals surface area contributed by atoms with Crippen molar-refractivity contribution in [2.45, 2.75) is 13.8 Å². The van der Waals surface area contributed by atoms with E-state index in [1.54, 1.807) is 24.3 Å². The topological polar surface area (TPSA) is 78.4 Å². The highest BCUT2D eigenvalue weighted by molar-refractivity contribution is 6.30. The molecule has 0 unspecified atom stereocenters. The fourth-order valence-electron chi connectivity index (χ4n) is 1.09. The molecule has 0 aliphatic rings. The summed E-state index contributed by atoms with van der Waals surface area (Å²) in [5, 5.41) is 14.5. The molecule has 18 heavy (non-hydrogen) atoms. The van der Waals surface area contributed by atoms with E-state index in [9.17, 15) is 9.59 Å². The van der Waals surface area contributed by atoms with Gasteiger partial charge in [0, 0.05) is 17.3 Å². The molecule has 5 nitrogen and oxygen atoms in total. The molecule has 1 rings (SSSR count). The molecule has 2 amide bonds. The molecule has 0 aliphatic heterocycles. The van der Waals surface area contributed by atoms with E-state index >= 15 is 0 Å². The number of carbonyl (C=O) groups is 2. The van der Waals surface area contributed by atoms with Crippen molar-refractivity contribution in [3.05, 3.63) is 29.3 Å². The molecule has 0 atom stereocenters. The summed E-state index contributed by atoms with van der Waals surface area (Å²) in [5.41, 5.74) is -0.415. The van der Waals surface area contributed by atoms with Gasteiger partial charge >= 0.3 is 12.0 Å². The van der Waals surface area contributed by atoms with Crippen molar-refractivity contribution in [3.63, 3.8) is 0 Å². The van der Waals surface area contributed by atoms with Gasteiger partial charge in [-0.15, -0.1) is 0 Å². The number of carbonyl (C=O) groups excluding carboxylic acids is 1. The summed E-state index contributed by atoms with van der Waals surface area (Å²) in [6, 6.07) is 6.16. The lowest BCUT2D eigenvalue weighted by Gasteiger charge is -2.19. The molecule has 0 saturated heterocycles. The first kappa shape index (κ1) is 14.3. The molecule has 1 aromatic rings. The maximum atomic E-state index is 11.5. The van der Waals surface area contributed by atoms with Crippen molar-refractivity contribution in [1.29, 1.82) is 0 Å². The van der Waals surface area contributed by atoms with Gasteiger partial charge < -0.3 is 15.7 Å². The number of halogens is 1. The van der Waals surface area contributed by atoms with Crippen LogP contribution < -0.4 is 10.6 Å². The normalized spacial score (nSPS) is 10.8. The number of rotatable bonds is 4. The largest absolute Gasteiger partial charge is 0.481 e. The van der Waals surface area contributed by atoms with Crippen LogP contribution in [0.2, 0.25) is 5.02 Å². The number of anilines is 1. The molecule has 3 N–H and O–H groups in total. The molecule has 98 valence electrons. The molecule has 0 heterocycles. The number of amides is 2. The average molecular weight is 271 g/mol. The van der Waals surface area contributed by atoms with Gasteiger partial charge in [0.15, 0.2) is 0 Å². The Morgan fingerprint density at radius 3 is 2.33 bits per heavy atom. The highest BCUT2D eigenvalue weighted by atomic mass is 35.5. The predicted molar refractivity (Wildman–Crippen MR) is 69.9 cm³/mol. The molecule has 0 aromatic heterocycles. The monoisotopic (exact) mass is 270 g/mol. The zero-order chi connectivity index (χ0) is 13.8. The van der Waals surface area contributed by atoms with Crippen LogP contribution in [0, 0.1) is 5.41 Å². The van der Waals surface area contributed by atoms with Crippen LogP contribution in [0.15, 0.2) is 24.3 Å². The van der Waals surface area contributed by atoms with Gasteiger partial charge in [-0.1, -0.05) is 11.6 Å². The highest BCUT2D eigenvalue weighted by Gasteiger charge is 2.27. The summed E-state index contributed by atoms with van der Waals surface area (Å²) < 4.78 is 0. The summed E-state index contributed by atoms with van der Waals surface area (Å²) in [4.78, 5) is 22.4. The van der Waals surface area contributed by atoms with Gasteiger partial charge in [0.2, 0.25) is 0 Å². The second-order valence-electron chi connectivity index (χ2n) is 4.50. The van der Waals surface area contributed by atoms with E-state index in [0.717, 1.165) is 0 Å². The third-order valence-corrected chi connectivity index (χ3v) is 2.62. The molecular formula is C12H15ClN2O3. The van der Waals surface area contributed by atoms with Crippen LogP contribution in [0.25, 0.3) is 0 Å². The van der Waals surface area contributed by atoms with Crippen LogP contribution in [-0.2, 0) is 4.79 Å². The molecule has 0 aliphatic carbocycles. The first-order valence-corrected chi connectivity index (χ1v) is 5.73. The van der Waals surface area contributed by atoms with Crippen molar-refractivity contribution < 1.29 is 14.7 Å². The van der Waals surface area contributed by atoms with E-state index in [2.05, 4.69) is 10.6 Å². The van der Waals surface area contributed by atoms with Crippen LogP contribution in [-0.4, -0.2) is 23.7 Å². The van der Waals surface area contributed by atoms with E-state index in [1.807, 2.05) is 0 Å². The summed E-state index contributed by atoms with van der Waals surface area (Å²) in [6.07, 6.45) is 0. The lowest BCUT2D eigenvalue weighted by atomic mass is 9.94. The summed E-state index contributed by atoms with van der Waals surface area (Å²) in [6.45, 7) is 3.12. The first-order chi connectivity index (χ1) is 8.31. The van der Waals surface area contributed by atoms with Crippen LogP contribution >= 0.6 is 11.6 Å². The number of hydrogen-bond acceptors (Lipinski definition) is 2. The fourth-order valence-corrected chi connectivity index (χ4v) is 1.21. The predicted octanol–water partition coefficient (Wildman–Crippen LogP) is 2.57. The Morgan fingerprint density at radius 2 is 1.83 bits per heavy atom. The Kier molecular flexibility index (Phi) is 4.55. The van der Waals surface area contributed by atoms with Crippen LogP contribution in [0.4, 0.5) is 10.5 Å². The van der Waals surface area contributed by atoms with Crippen molar-refractivity contribution in [2.75, 3.05) is 11.9 Å². The number of aliphatic carboxylic acids is 1. The lowest BCUT2D eigenvalue weighted by Crippen LogP contribution is -2.40. The zero-order valence-corrected chi connectivity index (χ0v) is 10.9. The van der Waals surface area contributed by atoms with Crippen LogP contribution in [0.3, 0.4) is 0 Å². The fraction of sp³-hybridized carbons (Fsp3) is 0.333. The molecule has 6 heteroatoms. The number of benzene rings is 1. The molecule has 0 fully saturated rings. The van der Waals surface area contributed by atoms with Gasteiger partial charge in [0.05, 0.1) is 5.41 Å². The summed E-state index contributed by atoms with van der Waals surface area (Å²) in [5.74, 6) is -0.964. The standard InChI is InChI=1S/C12H15ClN2O3/c1-12(2,10(16)17)7-14-11(18)15-9-5-3-8(13)4-6-9/h3-6H,7H2,1-2H3,(H,16,17)(H2,14,15,18). The van der Waals surface area contributed by atoms with Gasteiger partial charge in [0.1, 0.15) is 0 Å². The molecule has 0 spiro atoms. The smallest absolute Gasteiger partial charge is 0.319 e. The molecule has 0 bridgehead atoms. The molecule has 0 radical (unpaired) electrons. The molecular weight excluding hydrogens is 256 g/mol. The number of hydrogen-bond donors (Lipinski definition) is 3. The van der Waals surface area contributed by atoms with E-state index in [0.29, 0.717) is 10.7 Å². The Morgan fingerprint density at radius 1 is 1.28 bits per heavy atom. The number of urea groups is 1. The summed E-state index contributed by atoms with van der Waals surface area (Å²) in [7, 11) is 0. The van der Waals surface area contributed by atoms with Gasteiger partial charge in [-0.25, -0.2) is 4.79 Å². The SMILES string of the molecule is CC(C)(CNC(=O)Nc1ccc(Cl)cc1)C(=O)O. The maximum absolute atomic E-state index is 11.5. The van der Waals surface area contributed by atoms with Crippen molar-refractivity contribution in [3.8, 4) is 0 Å². The van der Waals surface area contributed by atoms with E-state index < -0.39 is 17.4 Å². The molecule has 0 saturated carbocycles. The Hall–Kier alpha value is -1.75. The van der Waals surface area contributed by atoms with Gasteiger partial charge in [0.25, 0.3) is 0 Å². The van der Waals surface area contributed by atoms with Crippen LogP contribution in [0.1, 0.15) is 13.8 Å². The maximum Gasteiger partial charge on any atom is 0.319 e. The van der Waals surface area contributed by atoms with Crippen LogP contribution in [0.5, 0.6) is 0 Å². The van der Waals surface area contributed by atoms with Gasteiger partial charge in [-0.05, 0) is 38.1 Å². The first-order valence-electron chi connectivity index (χ1n) is 5.35. The van der Waals surface area contributed by atoms with E-state index in [1.165, 1.54) is 13.8 Å². The Balaban J connectivity index is 2.48. The minimum absolute atomic E-state index is 0.0434. The van der Waals surface area contributed by atoms with Gasteiger partial charge in [-0.3, -0.25) is 4.79 Å². The van der Waals surface area contributed by atoms with E-state index in [-0.39, 0.29) is 6.54 Å². The number of carboxylic acids is 1. The zero-order valence-electron chi connectivity index (χ0n) is 10.2. The lowest BCUT2D eigenvalue weighted by molar-refractivity contribution is -0.146. The second kappa shape index (κ2) is 5.73. The second-order valence-corrected chi connectivity index (χ2v) is 4.94. The Bertz CT molecular complexity index is 443. The minimum atomic E-state index is -1.00. The third kappa shape index (κ3) is 4.25. The number of nitrogens with one attached hydrogen (secondary N) is 2. The van der Waals surface area contributed by atoms with Crippen molar-refractivity contribution >= 4 is 29.3 Å². The van der Waals surface area contributed by atoms with Crippen molar-refractivity contribution in [2.24, 2.45) is 5.41 Å². The van der Waals surface area contributed by atoms with E-state index in [4.69, 9.17) is 16.7 Å². The molecule has 1 aromatic carbocycles. The average Bonchev–Trinajstić information content (AvgIpc) is 2.29.